The molecule has 0 aliphatic carbocycles. The van der Waals surface area contributed by atoms with Crippen molar-refractivity contribution in [3.05, 3.63) is 12.4 Å². The number of hydrogen-bond acceptors (Lipinski definition) is 4. The quantitative estimate of drug-likeness (QED) is 0.671. The SMILES string of the molecule is COCCCC(Nc1nccn1C)C(=O)O. The van der Waals surface area contributed by atoms with Crippen molar-refractivity contribution in [3.63, 3.8) is 0 Å². The molecule has 0 radical (unpaired) electrons. The van der Waals surface area contributed by atoms with E-state index in [9.17, 15) is 4.79 Å². The van der Waals surface area contributed by atoms with E-state index in [-0.39, 0.29) is 0 Å². The van der Waals surface area contributed by atoms with Crippen LogP contribution in [0.25, 0.3) is 0 Å². The number of nitrogens with zero attached hydrogens (tertiary/aromatic N) is 2. The highest BCUT2D eigenvalue weighted by atomic mass is 16.5. The van der Waals surface area contributed by atoms with Gasteiger partial charge in [-0.05, 0) is 12.8 Å². The molecule has 0 fully saturated rings. The molecule has 1 aromatic heterocycles. The van der Waals surface area contributed by atoms with E-state index in [1.165, 1.54) is 0 Å². The minimum absolute atomic E-state index is 0.510. The zero-order valence-electron chi connectivity index (χ0n) is 9.51. The first-order valence-electron chi connectivity index (χ1n) is 5.10. The summed E-state index contributed by atoms with van der Waals surface area (Å²) in [4.78, 5) is 15.0. The fourth-order valence-corrected chi connectivity index (χ4v) is 1.35. The van der Waals surface area contributed by atoms with Gasteiger partial charge < -0.3 is 19.7 Å². The lowest BCUT2D eigenvalue weighted by molar-refractivity contribution is -0.138. The Kier molecular flexibility index (Phi) is 4.78. The van der Waals surface area contributed by atoms with Gasteiger partial charge in [-0.3, -0.25) is 0 Å². The first-order valence-corrected chi connectivity index (χ1v) is 5.10. The summed E-state index contributed by atoms with van der Waals surface area (Å²) in [5.41, 5.74) is 0. The van der Waals surface area contributed by atoms with Crippen molar-refractivity contribution < 1.29 is 14.6 Å². The Morgan fingerprint density at radius 2 is 2.50 bits per heavy atom. The van der Waals surface area contributed by atoms with Crippen molar-refractivity contribution in [2.75, 3.05) is 19.0 Å². The lowest BCUT2D eigenvalue weighted by atomic mass is 10.1. The maximum atomic E-state index is 11.0. The van der Waals surface area contributed by atoms with Crippen LogP contribution in [0.15, 0.2) is 12.4 Å². The fourth-order valence-electron chi connectivity index (χ4n) is 1.35. The number of aromatic nitrogens is 2. The minimum Gasteiger partial charge on any atom is -0.480 e. The number of aliphatic carboxylic acids is 1. The maximum Gasteiger partial charge on any atom is 0.326 e. The second-order valence-electron chi connectivity index (χ2n) is 3.53. The number of ether oxygens (including phenoxy) is 1. The van der Waals surface area contributed by atoms with Crippen LogP contribution in [0.2, 0.25) is 0 Å². The third-order valence-corrected chi connectivity index (χ3v) is 2.26. The second-order valence-corrected chi connectivity index (χ2v) is 3.53. The van der Waals surface area contributed by atoms with E-state index < -0.39 is 12.0 Å². The standard InChI is InChI=1S/C10H17N3O3/c1-13-6-5-11-10(13)12-8(9(14)15)4-3-7-16-2/h5-6,8H,3-4,7H2,1-2H3,(H,11,12)(H,14,15). The number of anilines is 1. The predicted molar refractivity (Wildman–Crippen MR) is 59.4 cm³/mol. The molecule has 2 N–H and O–H groups in total. The van der Waals surface area contributed by atoms with Crippen molar-refractivity contribution in [1.29, 1.82) is 0 Å². The third kappa shape index (κ3) is 3.54. The molecule has 0 amide bonds. The van der Waals surface area contributed by atoms with Gasteiger partial charge in [-0.15, -0.1) is 0 Å². The van der Waals surface area contributed by atoms with Gasteiger partial charge in [0.05, 0.1) is 0 Å². The lowest BCUT2D eigenvalue weighted by Crippen LogP contribution is -2.30. The average molecular weight is 227 g/mol. The summed E-state index contributed by atoms with van der Waals surface area (Å²) in [6.45, 7) is 0.562. The van der Waals surface area contributed by atoms with Gasteiger partial charge >= 0.3 is 5.97 Å². The molecule has 6 nitrogen and oxygen atoms in total. The summed E-state index contributed by atoms with van der Waals surface area (Å²) < 4.78 is 6.63. The van der Waals surface area contributed by atoms with Crippen LogP contribution in [0.4, 0.5) is 5.95 Å². The monoisotopic (exact) mass is 227 g/mol. The van der Waals surface area contributed by atoms with Crippen molar-refractivity contribution in [1.82, 2.24) is 9.55 Å². The second kappa shape index (κ2) is 6.12. The number of nitrogens with one attached hydrogen (secondary N) is 1. The molecule has 6 heteroatoms. The van der Waals surface area contributed by atoms with Gasteiger partial charge in [-0.2, -0.15) is 0 Å². The Labute approximate surface area is 94.2 Å². The molecule has 16 heavy (non-hydrogen) atoms. The summed E-state index contributed by atoms with van der Waals surface area (Å²) in [7, 11) is 3.41. The van der Waals surface area contributed by atoms with Crippen LogP contribution in [0, 0.1) is 0 Å². The number of carbonyl (C=O) groups is 1. The fraction of sp³-hybridized carbons (Fsp3) is 0.600. The van der Waals surface area contributed by atoms with E-state index in [0.717, 1.165) is 0 Å². The van der Waals surface area contributed by atoms with Gasteiger partial charge in [0.2, 0.25) is 5.95 Å². The molecule has 90 valence electrons. The first kappa shape index (κ1) is 12.5. The summed E-state index contributed by atoms with van der Waals surface area (Å²) in [6.07, 6.45) is 4.59. The van der Waals surface area contributed by atoms with E-state index in [4.69, 9.17) is 9.84 Å². The maximum absolute atomic E-state index is 11.0. The van der Waals surface area contributed by atoms with Gasteiger partial charge in [0, 0.05) is 33.2 Å². The van der Waals surface area contributed by atoms with Crippen molar-refractivity contribution >= 4 is 11.9 Å². The number of carboxylic acid groups (broad SMARTS) is 1. The van der Waals surface area contributed by atoms with E-state index in [2.05, 4.69) is 10.3 Å². The number of aryl methyl sites for hydroxylation is 1. The summed E-state index contributed by atoms with van der Waals surface area (Å²) >= 11 is 0. The zero-order valence-corrected chi connectivity index (χ0v) is 9.51. The van der Waals surface area contributed by atoms with E-state index in [1.807, 2.05) is 7.05 Å². The van der Waals surface area contributed by atoms with E-state index in [1.54, 1.807) is 24.1 Å². The average Bonchev–Trinajstić information content (AvgIpc) is 2.63. The van der Waals surface area contributed by atoms with Gasteiger partial charge in [0.25, 0.3) is 0 Å². The highest BCUT2D eigenvalue weighted by Gasteiger charge is 2.18. The molecule has 1 heterocycles. The molecule has 0 aliphatic heterocycles. The molecule has 1 unspecified atom stereocenters. The number of imidazole rings is 1. The predicted octanol–water partition coefficient (Wildman–Crippen LogP) is 0.712. The van der Waals surface area contributed by atoms with Crippen LogP contribution in [0.5, 0.6) is 0 Å². The van der Waals surface area contributed by atoms with Gasteiger partial charge in [-0.1, -0.05) is 0 Å². The van der Waals surface area contributed by atoms with Gasteiger partial charge in [0.1, 0.15) is 6.04 Å². The van der Waals surface area contributed by atoms with Crippen LogP contribution in [-0.2, 0) is 16.6 Å². The Morgan fingerprint density at radius 1 is 1.75 bits per heavy atom. The highest BCUT2D eigenvalue weighted by Crippen LogP contribution is 2.07. The molecule has 0 bridgehead atoms. The lowest BCUT2D eigenvalue weighted by Gasteiger charge is -2.14. The minimum atomic E-state index is -0.876. The van der Waals surface area contributed by atoms with Crippen LogP contribution in [0.1, 0.15) is 12.8 Å². The molecular formula is C10H17N3O3. The van der Waals surface area contributed by atoms with Gasteiger partial charge in [0.15, 0.2) is 0 Å². The Balaban J connectivity index is 2.51. The number of methoxy groups -OCH3 is 1. The Morgan fingerprint density at radius 3 is 3.00 bits per heavy atom. The largest absolute Gasteiger partial charge is 0.480 e. The zero-order chi connectivity index (χ0) is 12.0. The summed E-state index contributed by atoms with van der Waals surface area (Å²) in [5.74, 6) is -0.316. The van der Waals surface area contributed by atoms with Crippen molar-refractivity contribution in [2.45, 2.75) is 18.9 Å². The van der Waals surface area contributed by atoms with Crippen LogP contribution in [-0.4, -0.2) is 40.4 Å². The molecule has 1 rings (SSSR count). The van der Waals surface area contributed by atoms with Crippen LogP contribution >= 0.6 is 0 Å². The van der Waals surface area contributed by atoms with Crippen molar-refractivity contribution in [3.8, 4) is 0 Å². The normalized spacial score (nSPS) is 12.4. The smallest absolute Gasteiger partial charge is 0.326 e. The number of carboxylic acids is 1. The molecule has 0 spiro atoms. The number of rotatable bonds is 7. The molecular weight excluding hydrogens is 210 g/mol. The molecule has 0 aliphatic rings. The molecule has 0 aromatic carbocycles. The Bertz CT molecular complexity index is 338. The summed E-state index contributed by atoms with van der Waals surface area (Å²) in [5, 5.41) is 11.9. The van der Waals surface area contributed by atoms with Gasteiger partial charge in [-0.25, -0.2) is 9.78 Å². The summed E-state index contributed by atoms with van der Waals surface area (Å²) in [6, 6.07) is -0.628. The van der Waals surface area contributed by atoms with Crippen molar-refractivity contribution in [2.24, 2.45) is 7.05 Å². The van der Waals surface area contributed by atoms with E-state index in [0.29, 0.717) is 25.4 Å². The topological polar surface area (TPSA) is 76.4 Å². The first-order chi connectivity index (χ1) is 7.65. The molecule has 0 saturated heterocycles. The Hall–Kier alpha value is -1.56. The number of hydrogen-bond donors (Lipinski definition) is 2. The highest BCUT2D eigenvalue weighted by molar-refractivity contribution is 5.76. The van der Waals surface area contributed by atoms with Crippen LogP contribution < -0.4 is 5.32 Å². The third-order valence-electron chi connectivity index (χ3n) is 2.26. The van der Waals surface area contributed by atoms with E-state index >= 15 is 0 Å². The van der Waals surface area contributed by atoms with Crippen LogP contribution in [0.3, 0.4) is 0 Å². The molecule has 0 saturated carbocycles. The molecule has 1 aromatic rings. The molecule has 1 atom stereocenters.